The number of piperidine rings is 1. The zero-order valence-electron chi connectivity index (χ0n) is 15.1. The fourth-order valence-corrected chi connectivity index (χ4v) is 4.99. The van der Waals surface area contributed by atoms with Crippen molar-refractivity contribution in [2.75, 3.05) is 13.1 Å². The third kappa shape index (κ3) is 4.19. The zero-order chi connectivity index (χ0) is 19.6. The van der Waals surface area contributed by atoms with Crippen LogP contribution in [-0.4, -0.2) is 36.9 Å². The van der Waals surface area contributed by atoms with Crippen LogP contribution in [0.5, 0.6) is 0 Å². The molecule has 27 heavy (non-hydrogen) atoms. The molecule has 1 aromatic heterocycles. The van der Waals surface area contributed by atoms with Crippen LogP contribution in [0, 0.1) is 25.6 Å². The van der Waals surface area contributed by atoms with Crippen molar-refractivity contribution < 1.29 is 26.9 Å². The first-order valence-electron chi connectivity index (χ1n) is 8.63. The maximum Gasteiger partial charge on any atom is 0.310 e. The molecule has 3 rings (SSSR count). The van der Waals surface area contributed by atoms with E-state index in [1.807, 2.05) is 0 Å². The molecule has 1 unspecified atom stereocenters. The maximum absolute atomic E-state index is 12.9. The molecule has 1 aromatic carbocycles. The zero-order valence-corrected chi connectivity index (χ0v) is 16.0. The van der Waals surface area contributed by atoms with Crippen LogP contribution in [0.4, 0.5) is 4.39 Å². The number of sulfonamides is 1. The van der Waals surface area contributed by atoms with Crippen LogP contribution in [0.3, 0.4) is 0 Å². The summed E-state index contributed by atoms with van der Waals surface area (Å²) >= 11 is 0. The lowest BCUT2D eigenvalue weighted by molar-refractivity contribution is -0.151. The number of hydrogen-bond donors (Lipinski definition) is 0. The molecule has 7 nitrogen and oxygen atoms in total. The fraction of sp³-hybridized carbons (Fsp3) is 0.444. The van der Waals surface area contributed by atoms with Gasteiger partial charge in [0.2, 0.25) is 10.0 Å². The number of halogens is 1. The SMILES string of the molecule is Cc1noc(C)c1S(=O)(=O)N1CCCC(C(=O)OCc2ccc(F)cc2)C1. The third-order valence-corrected chi connectivity index (χ3v) is 6.69. The maximum atomic E-state index is 12.9. The molecule has 0 aliphatic carbocycles. The summed E-state index contributed by atoms with van der Waals surface area (Å²) < 4.78 is 50.3. The van der Waals surface area contributed by atoms with Gasteiger partial charge in [0.15, 0.2) is 5.76 Å². The average Bonchev–Trinajstić information content (AvgIpc) is 3.00. The summed E-state index contributed by atoms with van der Waals surface area (Å²) in [5.41, 5.74) is 0.967. The van der Waals surface area contributed by atoms with Gasteiger partial charge in [0.05, 0.1) is 5.92 Å². The molecule has 0 radical (unpaired) electrons. The first-order valence-corrected chi connectivity index (χ1v) is 10.1. The van der Waals surface area contributed by atoms with E-state index in [-0.39, 0.29) is 29.6 Å². The predicted octanol–water partition coefficient (Wildman–Crippen LogP) is 2.57. The lowest BCUT2D eigenvalue weighted by Gasteiger charge is -2.30. The van der Waals surface area contributed by atoms with E-state index in [2.05, 4.69) is 5.16 Å². The summed E-state index contributed by atoms with van der Waals surface area (Å²) in [6.45, 7) is 3.52. The summed E-state index contributed by atoms with van der Waals surface area (Å²) in [7, 11) is -3.79. The fourth-order valence-electron chi connectivity index (χ4n) is 3.18. The van der Waals surface area contributed by atoms with Crippen molar-refractivity contribution in [1.29, 1.82) is 0 Å². The Bertz CT molecular complexity index is 904. The first kappa shape index (κ1) is 19.5. The Hall–Kier alpha value is -2.26. The number of carbonyl (C=O) groups is 1. The molecule has 146 valence electrons. The first-order chi connectivity index (χ1) is 12.8. The molecule has 1 fully saturated rings. The van der Waals surface area contributed by atoms with E-state index in [9.17, 15) is 17.6 Å². The highest BCUT2D eigenvalue weighted by molar-refractivity contribution is 7.89. The van der Waals surface area contributed by atoms with E-state index < -0.39 is 21.9 Å². The largest absolute Gasteiger partial charge is 0.461 e. The minimum absolute atomic E-state index is 0.0201. The van der Waals surface area contributed by atoms with E-state index in [4.69, 9.17) is 9.26 Å². The van der Waals surface area contributed by atoms with Crippen molar-refractivity contribution in [3.8, 4) is 0 Å². The van der Waals surface area contributed by atoms with Crippen molar-refractivity contribution in [2.45, 2.75) is 38.2 Å². The van der Waals surface area contributed by atoms with Crippen LogP contribution < -0.4 is 0 Å². The Labute approximate surface area is 157 Å². The molecule has 9 heteroatoms. The molecule has 1 aliphatic rings. The number of rotatable bonds is 5. The van der Waals surface area contributed by atoms with Crippen molar-refractivity contribution in [1.82, 2.24) is 9.46 Å². The molecule has 1 saturated heterocycles. The second-order valence-electron chi connectivity index (χ2n) is 6.59. The van der Waals surface area contributed by atoms with Crippen molar-refractivity contribution in [3.05, 3.63) is 47.1 Å². The average molecular weight is 396 g/mol. The Morgan fingerprint density at radius 1 is 1.33 bits per heavy atom. The van der Waals surface area contributed by atoms with Gasteiger partial charge in [-0.3, -0.25) is 4.79 Å². The Morgan fingerprint density at radius 2 is 2.04 bits per heavy atom. The molecule has 0 N–H and O–H groups in total. The quantitative estimate of drug-likeness (QED) is 0.722. The lowest BCUT2D eigenvalue weighted by atomic mass is 10.00. The van der Waals surface area contributed by atoms with Gasteiger partial charge in [-0.05, 0) is 44.4 Å². The van der Waals surface area contributed by atoms with Crippen LogP contribution in [-0.2, 0) is 26.2 Å². The van der Waals surface area contributed by atoms with Crippen LogP contribution in [0.1, 0.15) is 29.9 Å². The smallest absolute Gasteiger partial charge is 0.310 e. The van der Waals surface area contributed by atoms with Gasteiger partial charge in [0.25, 0.3) is 0 Å². The van der Waals surface area contributed by atoms with Gasteiger partial charge in [0.1, 0.15) is 23.0 Å². The van der Waals surface area contributed by atoms with Gasteiger partial charge in [0, 0.05) is 13.1 Å². The monoisotopic (exact) mass is 396 g/mol. The standard InChI is InChI=1S/C18H21FN2O5S/c1-12-17(13(2)26-20-12)27(23,24)21-9-3-4-15(10-21)18(22)25-11-14-5-7-16(19)8-6-14/h5-8,15H,3-4,9-11H2,1-2H3. The van der Waals surface area contributed by atoms with Gasteiger partial charge < -0.3 is 9.26 Å². The van der Waals surface area contributed by atoms with Crippen molar-refractivity contribution in [3.63, 3.8) is 0 Å². The van der Waals surface area contributed by atoms with Crippen LogP contribution in [0.2, 0.25) is 0 Å². The highest BCUT2D eigenvalue weighted by atomic mass is 32.2. The molecule has 0 amide bonds. The Morgan fingerprint density at radius 3 is 2.67 bits per heavy atom. The van der Waals surface area contributed by atoms with Crippen molar-refractivity contribution >= 4 is 16.0 Å². The molecule has 0 spiro atoms. The molecular weight excluding hydrogens is 375 g/mol. The van der Waals surface area contributed by atoms with Gasteiger partial charge in [-0.1, -0.05) is 17.3 Å². The number of aromatic nitrogens is 1. The minimum atomic E-state index is -3.79. The molecule has 2 aromatic rings. The summed E-state index contributed by atoms with van der Waals surface area (Å²) in [5.74, 6) is -1.14. The molecular formula is C18H21FN2O5S. The number of ether oxygens (including phenoxy) is 1. The molecule has 1 atom stereocenters. The van der Waals surface area contributed by atoms with Gasteiger partial charge in [-0.15, -0.1) is 0 Å². The van der Waals surface area contributed by atoms with E-state index >= 15 is 0 Å². The number of esters is 1. The number of hydrogen-bond acceptors (Lipinski definition) is 6. The highest BCUT2D eigenvalue weighted by Crippen LogP contribution is 2.28. The van der Waals surface area contributed by atoms with E-state index in [0.717, 1.165) is 0 Å². The van der Waals surface area contributed by atoms with Gasteiger partial charge >= 0.3 is 5.97 Å². The Balaban J connectivity index is 1.66. The van der Waals surface area contributed by atoms with Crippen LogP contribution in [0.15, 0.2) is 33.7 Å². The Kier molecular flexibility index (Phi) is 5.61. The summed E-state index contributed by atoms with van der Waals surface area (Å²) in [6.07, 6.45) is 1.11. The van der Waals surface area contributed by atoms with Crippen molar-refractivity contribution in [2.24, 2.45) is 5.92 Å². The van der Waals surface area contributed by atoms with E-state index in [0.29, 0.717) is 30.6 Å². The normalized spacial score (nSPS) is 18.4. The highest BCUT2D eigenvalue weighted by Gasteiger charge is 2.37. The minimum Gasteiger partial charge on any atom is -0.461 e. The molecule has 0 bridgehead atoms. The van der Waals surface area contributed by atoms with Crippen LogP contribution in [0.25, 0.3) is 0 Å². The van der Waals surface area contributed by atoms with Gasteiger partial charge in [-0.2, -0.15) is 4.31 Å². The summed E-state index contributed by atoms with van der Waals surface area (Å²) in [4.78, 5) is 12.4. The van der Waals surface area contributed by atoms with E-state index in [1.165, 1.54) is 28.6 Å². The number of carbonyl (C=O) groups excluding carboxylic acids is 1. The lowest BCUT2D eigenvalue weighted by Crippen LogP contribution is -2.43. The summed E-state index contributed by atoms with van der Waals surface area (Å²) in [6, 6.07) is 5.67. The van der Waals surface area contributed by atoms with Gasteiger partial charge in [-0.25, -0.2) is 12.8 Å². The second kappa shape index (κ2) is 7.77. The third-order valence-electron chi connectivity index (χ3n) is 4.58. The molecule has 0 saturated carbocycles. The topological polar surface area (TPSA) is 89.7 Å². The molecule has 1 aliphatic heterocycles. The summed E-state index contributed by atoms with van der Waals surface area (Å²) in [5, 5.41) is 3.70. The number of nitrogens with zero attached hydrogens (tertiary/aromatic N) is 2. The predicted molar refractivity (Wildman–Crippen MR) is 93.7 cm³/mol. The molecule has 2 heterocycles. The number of aryl methyl sites for hydroxylation is 2. The number of benzene rings is 1. The van der Waals surface area contributed by atoms with E-state index in [1.54, 1.807) is 13.8 Å². The van der Waals surface area contributed by atoms with Crippen LogP contribution >= 0.6 is 0 Å². The second-order valence-corrected chi connectivity index (χ2v) is 8.46.